The molecule has 0 saturated carbocycles. The van der Waals surface area contributed by atoms with E-state index in [4.69, 9.17) is 16.3 Å². The molecule has 3 aromatic rings. The number of hydrogen-bond acceptors (Lipinski definition) is 6. The summed E-state index contributed by atoms with van der Waals surface area (Å²) in [4.78, 5) is 29.0. The van der Waals surface area contributed by atoms with Gasteiger partial charge in [0.1, 0.15) is 28.6 Å². The topological polar surface area (TPSA) is 93.7 Å². The third-order valence-corrected chi connectivity index (χ3v) is 3.90. The van der Waals surface area contributed by atoms with E-state index in [1.54, 1.807) is 48.5 Å². The van der Waals surface area contributed by atoms with Gasteiger partial charge < -0.3 is 9.47 Å². The minimum absolute atomic E-state index is 0.0828. The van der Waals surface area contributed by atoms with Gasteiger partial charge in [-0.2, -0.15) is 10.2 Å². The fraction of sp³-hybridized carbons (Fsp3) is 0.0526. The highest BCUT2D eigenvalue weighted by Crippen LogP contribution is 2.29. The summed E-state index contributed by atoms with van der Waals surface area (Å²) in [5.41, 5.74) is -0.630. The molecule has 0 aliphatic heterocycles. The van der Waals surface area contributed by atoms with Crippen LogP contribution in [0, 0.1) is 11.3 Å². The molecule has 0 spiro atoms. The number of carbonyl (C=O) groups is 1. The number of aromatic nitrogens is 2. The number of nitrogens with zero attached hydrogens (tertiary/aromatic N) is 3. The Kier molecular flexibility index (Phi) is 5.20. The van der Waals surface area contributed by atoms with Crippen LogP contribution >= 0.6 is 11.6 Å². The van der Waals surface area contributed by atoms with Gasteiger partial charge in [0.05, 0.1) is 12.1 Å². The molecule has 134 valence electrons. The third-order valence-electron chi connectivity index (χ3n) is 3.59. The first kappa shape index (κ1) is 18.2. The van der Waals surface area contributed by atoms with Crippen LogP contribution in [-0.4, -0.2) is 22.5 Å². The third kappa shape index (κ3) is 3.66. The van der Waals surface area contributed by atoms with E-state index >= 15 is 0 Å². The molecule has 8 heteroatoms. The molecule has 2 aromatic heterocycles. The Morgan fingerprint density at radius 1 is 1.26 bits per heavy atom. The van der Waals surface area contributed by atoms with Crippen molar-refractivity contribution in [3.8, 4) is 17.7 Å². The number of halogens is 1. The van der Waals surface area contributed by atoms with E-state index < -0.39 is 11.5 Å². The highest BCUT2D eigenvalue weighted by Gasteiger charge is 2.18. The van der Waals surface area contributed by atoms with Gasteiger partial charge in [0.25, 0.3) is 5.56 Å². The molecule has 0 saturated heterocycles. The second-order valence-corrected chi connectivity index (χ2v) is 5.67. The molecular formula is C19H12ClN3O4. The molecule has 3 rings (SSSR count). The summed E-state index contributed by atoms with van der Waals surface area (Å²) in [5, 5.41) is 9.52. The van der Waals surface area contributed by atoms with Crippen LogP contribution in [0.1, 0.15) is 5.56 Å². The average Bonchev–Trinajstić information content (AvgIpc) is 2.69. The van der Waals surface area contributed by atoms with Crippen LogP contribution in [0.15, 0.2) is 59.0 Å². The van der Waals surface area contributed by atoms with Crippen molar-refractivity contribution in [3.63, 3.8) is 0 Å². The zero-order valence-corrected chi connectivity index (χ0v) is 14.8. The molecule has 0 aliphatic carbocycles. The second-order valence-electron chi connectivity index (χ2n) is 5.26. The Morgan fingerprint density at radius 2 is 2.00 bits per heavy atom. The lowest BCUT2D eigenvalue weighted by molar-refractivity contribution is -0.135. The monoisotopic (exact) mass is 381 g/mol. The van der Waals surface area contributed by atoms with Crippen molar-refractivity contribution in [1.29, 1.82) is 5.26 Å². The molecule has 0 amide bonds. The largest absolute Gasteiger partial charge is 0.465 e. The van der Waals surface area contributed by atoms with E-state index in [1.807, 2.05) is 0 Å². The SMILES string of the molecule is COC(=O)/C(C#N)=C/c1c(Oc2ccccc2Cl)nc2ccccn2c1=O. The molecule has 0 aliphatic rings. The van der Waals surface area contributed by atoms with Crippen LogP contribution in [0.3, 0.4) is 0 Å². The Balaban J connectivity index is 2.26. The fourth-order valence-electron chi connectivity index (χ4n) is 2.31. The van der Waals surface area contributed by atoms with Gasteiger partial charge in [-0.25, -0.2) is 4.79 Å². The molecule has 2 heterocycles. The maximum atomic E-state index is 12.9. The second kappa shape index (κ2) is 7.72. The van der Waals surface area contributed by atoms with Gasteiger partial charge in [0, 0.05) is 6.20 Å². The fourth-order valence-corrected chi connectivity index (χ4v) is 2.48. The van der Waals surface area contributed by atoms with Gasteiger partial charge in [0.15, 0.2) is 0 Å². The number of ether oxygens (including phenoxy) is 2. The van der Waals surface area contributed by atoms with Crippen LogP contribution in [0.4, 0.5) is 0 Å². The number of rotatable bonds is 4. The minimum Gasteiger partial charge on any atom is -0.465 e. The molecule has 0 radical (unpaired) electrons. The number of fused-ring (bicyclic) bond motifs is 1. The van der Waals surface area contributed by atoms with E-state index in [1.165, 1.54) is 10.6 Å². The summed E-state index contributed by atoms with van der Waals surface area (Å²) in [7, 11) is 1.14. The molecule has 0 unspecified atom stereocenters. The zero-order chi connectivity index (χ0) is 19.4. The van der Waals surface area contributed by atoms with E-state index in [0.29, 0.717) is 10.7 Å². The van der Waals surface area contributed by atoms with Crippen molar-refractivity contribution in [2.24, 2.45) is 0 Å². The van der Waals surface area contributed by atoms with Crippen LogP contribution in [-0.2, 0) is 9.53 Å². The summed E-state index contributed by atoms with van der Waals surface area (Å²) >= 11 is 6.11. The normalized spacial score (nSPS) is 11.1. The first-order valence-electron chi connectivity index (χ1n) is 7.69. The lowest BCUT2D eigenvalue weighted by Crippen LogP contribution is -2.19. The maximum absolute atomic E-state index is 12.9. The van der Waals surface area contributed by atoms with Gasteiger partial charge in [0.2, 0.25) is 5.88 Å². The first-order valence-corrected chi connectivity index (χ1v) is 8.07. The number of esters is 1. The quantitative estimate of drug-likeness (QED) is 0.391. The van der Waals surface area contributed by atoms with Crippen molar-refractivity contribution in [3.05, 3.63) is 75.2 Å². The van der Waals surface area contributed by atoms with Crippen molar-refractivity contribution in [1.82, 2.24) is 9.38 Å². The summed E-state index contributed by atoms with van der Waals surface area (Å²) in [5.74, 6) is -0.688. The maximum Gasteiger partial charge on any atom is 0.348 e. The molecular weight excluding hydrogens is 370 g/mol. The van der Waals surface area contributed by atoms with Crippen molar-refractivity contribution < 1.29 is 14.3 Å². The highest BCUT2D eigenvalue weighted by molar-refractivity contribution is 6.32. The van der Waals surface area contributed by atoms with Crippen molar-refractivity contribution in [2.45, 2.75) is 0 Å². The minimum atomic E-state index is -0.876. The van der Waals surface area contributed by atoms with Crippen LogP contribution in [0.25, 0.3) is 11.7 Å². The number of benzene rings is 1. The summed E-state index contributed by atoms with van der Waals surface area (Å²) in [6.45, 7) is 0. The van der Waals surface area contributed by atoms with Crippen molar-refractivity contribution >= 4 is 29.3 Å². The molecule has 1 aromatic carbocycles. The predicted molar refractivity (Wildman–Crippen MR) is 98.6 cm³/mol. The van der Waals surface area contributed by atoms with Crippen LogP contribution < -0.4 is 10.3 Å². The van der Waals surface area contributed by atoms with Crippen LogP contribution in [0.5, 0.6) is 11.6 Å². The molecule has 0 bridgehead atoms. The summed E-state index contributed by atoms with van der Waals surface area (Å²) < 4.78 is 11.6. The number of hydrogen-bond donors (Lipinski definition) is 0. The lowest BCUT2D eigenvalue weighted by Gasteiger charge is -2.11. The number of pyridine rings is 1. The summed E-state index contributed by atoms with van der Waals surface area (Å²) in [6.07, 6.45) is 2.61. The Labute approximate surface area is 158 Å². The van der Waals surface area contributed by atoms with Crippen LogP contribution in [0.2, 0.25) is 5.02 Å². The Morgan fingerprint density at radius 3 is 2.70 bits per heavy atom. The first-order chi connectivity index (χ1) is 13.0. The number of carbonyl (C=O) groups excluding carboxylic acids is 1. The number of para-hydroxylation sites is 1. The molecule has 0 fully saturated rings. The van der Waals surface area contributed by atoms with Gasteiger partial charge in [-0.15, -0.1) is 0 Å². The standard InChI is InChI=1S/C19H12ClN3O4/c1-26-19(25)12(11-21)10-13-17(27-15-7-3-2-6-14(15)20)22-16-8-4-5-9-23(16)18(13)24/h2-10H,1H3/b12-10+. The van der Waals surface area contributed by atoms with E-state index in [-0.39, 0.29) is 22.8 Å². The van der Waals surface area contributed by atoms with E-state index in [9.17, 15) is 14.9 Å². The zero-order valence-electron chi connectivity index (χ0n) is 14.0. The highest BCUT2D eigenvalue weighted by atomic mass is 35.5. The Bertz CT molecular complexity index is 1160. The molecule has 0 N–H and O–H groups in total. The molecule has 0 atom stereocenters. The Hall–Kier alpha value is -3.63. The van der Waals surface area contributed by atoms with Crippen molar-refractivity contribution in [2.75, 3.05) is 7.11 Å². The number of nitriles is 1. The number of methoxy groups -OCH3 is 1. The average molecular weight is 382 g/mol. The lowest BCUT2D eigenvalue weighted by atomic mass is 10.2. The van der Waals surface area contributed by atoms with E-state index in [2.05, 4.69) is 9.72 Å². The smallest absolute Gasteiger partial charge is 0.348 e. The van der Waals surface area contributed by atoms with E-state index in [0.717, 1.165) is 13.2 Å². The summed E-state index contributed by atoms with van der Waals surface area (Å²) in [6, 6.07) is 13.4. The molecule has 7 nitrogen and oxygen atoms in total. The predicted octanol–water partition coefficient (Wildman–Crippen LogP) is 3.22. The van der Waals surface area contributed by atoms with Gasteiger partial charge in [-0.3, -0.25) is 9.20 Å². The molecule has 27 heavy (non-hydrogen) atoms. The van der Waals surface area contributed by atoms with Gasteiger partial charge in [-0.1, -0.05) is 29.8 Å². The van der Waals surface area contributed by atoms with Gasteiger partial charge >= 0.3 is 5.97 Å². The van der Waals surface area contributed by atoms with Gasteiger partial charge in [-0.05, 0) is 30.3 Å².